The quantitative estimate of drug-likeness (QED) is 0.862. The van der Waals surface area contributed by atoms with Gasteiger partial charge in [-0.25, -0.2) is 9.48 Å². The van der Waals surface area contributed by atoms with Gasteiger partial charge >= 0.3 is 5.97 Å². The number of benzene rings is 1. The van der Waals surface area contributed by atoms with Crippen LogP contribution >= 0.6 is 0 Å². The minimum atomic E-state index is -0.896. The lowest BCUT2D eigenvalue weighted by molar-refractivity contribution is 0.0697. The summed E-state index contributed by atoms with van der Waals surface area (Å²) >= 11 is 0. The Labute approximate surface area is 134 Å². The number of methoxy groups -OCH3 is 1. The topological polar surface area (TPSA) is 80.5 Å². The number of hydrogen-bond acceptors (Lipinski definition) is 5. The number of hydrogen-bond donors (Lipinski definition) is 1. The first-order chi connectivity index (χ1) is 11.2. The summed E-state index contributed by atoms with van der Waals surface area (Å²) in [7, 11) is 1.68. The fraction of sp³-hybridized carbons (Fsp3) is 0.438. The zero-order chi connectivity index (χ0) is 16.2. The Morgan fingerprint density at radius 1 is 1.35 bits per heavy atom. The Morgan fingerprint density at radius 2 is 2.13 bits per heavy atom. The van der Waals surface area contributed by atoms with Gasteiger partial charge < -0.3 is 9.84 Å². The molecule has 0 saturated heterocycles. The van der Waals surface area contributed by atoms with Gasteiger partial charge in [0.05, 0.1) is 30.1 Å². The van der Waals surface area contributed by atoms with Gasteiger partial charge in [-0.3, -0.25) is 4.90 Å². The fourth-order valence-corrected chi connectivity index (χ4v) is 2.82. The van der Waals surface area contributed by atoms with Crippen LogP contribution in [0.4, 0.5) is 0 Å². The van der Waals surface area contributed by atoms with E-state index in [0.717, 1.165) is 43.9 Å². The van der Waals surface area contributed by atoms with E-state index in [0.29, 0.717) is 12.2 Å². The highest BCUT2D eigenvalue weighted by Gasteiger charge is 2.22. The molecule has 2 heterocycles. The molecule has 1 aliphatic heterocycles. The van der Waals surface area contributed by atoms with Crippen molar-refractivity contribution < 1.29 is 14.6 Å². The number of aromatic carboxylic acids is 1. The van der Waals surface area contributed by atoms with Gasteiger partial charge in [-0.1, -0.05) is 17.3 Å². The van der Waals surface area contributed by atoms with Crippen LogP contribution in [-0.2, 0) is 30.8 Å². The summed E-state index contributed by atoms with van der Waals surface area (Å²) in [6, 6.07) is 7.03. The van der Waals surface area contributed by atoms with Crippen LogP contribution in [0.5, 0.6) is 0 Å². The average Bonchev–Trinajstić information content (AvgIpc) is 2.95. The zero-order valence-corrected chi connectivity index (χ0v) is 13.1. The molecule has 23 heavy (non-hydrogen) atoms. The van der Waals surface area contributed by atoms with Crippen LogP contribution in [-0.4, -0.2) is 51.2 Å². The van der Waals surface area contributed by atoms with Crippen LogP contribution < -0.4 is 0 Å². The number of aromatic nitrogens is 3. The summed E-state index contributed by atoms with van der Waals surface area (Å²) in [4.78, 5) is 13.2. The SMILES string of the molecule is COCCn1nnc2c1CCN(Cc1ccc(C(=O)O)cc1)C2. The van der Waals surface area contributed by atoms with Crippen molar-refractivity contribution in [3.63, 3.8) is 0 Å². The van der Waals surface area contributed by atoms with Crippen LogP contribution in [0.15, 0.2) is 24.3 Å². The van der Waals surface area contributed by atoms with Crippen LogP contribution in [0, 0.1) is 0 Å². The van der Waals surface area contributed by atoms with E-state index in [1.54, 1.807) is 19.2 Å². The minimum Gasteiger partial charge on any atom is -0.478 e. The third-order valence-electron chi connectivity index (χ3n) is 4.07. The Bertz CT molecular complexity index is 681. The first kappa shape index (κ1) is 15.6. The molecule has 0 aliphatic carbocycles. The highest BCUT2D eigenvalue weighted by atomic mass is 16.5. The third-order valence-corrected chi connectivity index (χ3v) is 4.07. The molecule has 0 unspecified atom stereocenters. The first-order valence-electron chi connectivity index (χ1n) is 7.62. The molecular formula is C16H20N4O3. The van der Waals surface area contributed by atoms with Crippen LogP contribution in [0.2, 0.25) is 0 Å². The molecule has 0 amide bonds. The molecule has 0 fully saturated rings. The number of carboxylic acids is 1. The maximum Gasteiger partial charge on any atom is 0.335 e. The lowest BCUT2D eigenvalue weighted by Crippen LogP contribution is -2.31. The first-order valence-corrected chi connectivity index (χ1v) is 7.62. The van der Waals surface area contributed by atoms with E-state index in [1.807, 2.05) is 16.8 Å². The highest BCUT2D eigenvalue weighted by molar-refractivity contribution is 5.87. The van der Waals surface area contributed by atoms with Gasteiger partial charge in [0, 0.05) is 33.2 Å². The van der Waals surface area contributed by atoms with Crippen molar-refractivity contribution in [2.24, 2.45) is 0 Å². The molecule has 0 radical (unpaired) electrons. The monoisotopic (exact) mass is 316 g/mol. The van der Waals surface area contributed by atoms with Gasteiger partial charge in [0.1, 0.15) is 0 Å². The van der Waals surface area contributed by atoms with Gasteiger partial charge in [-0.2, -0.15) is 0 Å². The second-order valence-corrected chi connectivity index (χ2v) is 5.66. The summed E-state index contributed by atoms with van der Waals surface area (Å²) in [6.45, 7) is 3.85. The van der Waals surface area contributed by atoms with Crippen molar-refractivity contribution in [3.8, 4) is 0 Å². The largest absolute Gasteiger partial charge is 0.478 e. The van der Waals surface area contributed by atoms with Crippen molar-refractivity contribution in [2.75, 3.05) is 20.3 Å². The lowest BCUT2D eigenvalue weighted by atomic mass is 10.1. The summed E-state index contributed by atoms with van der Waals surface area (Å²) in [5.41, 5.74) is 3.63. The second-order valence-electron chi connectivity index (χ2n) is 5.66. The maximum absolute atomic E-state index is 10.9. The molecule has 0 saturated carbocycles. The summed E-state index contributed by atoms with van der Waals surface area (Å²) in [6.07, 6.45) is 0.916. The van der Waals surface area contributed by atoms with Crippen molar-refractivity contribution in [1.82, 2.24) is 19.9 Å². The average molecular weight is 316 g/mol. The van der Waals surface area contributed by atoms with Crippen molar-refractivity contribution in [3.05, 3.63) is 46.8 Å². The second kappa shape index (κ2) is 6.89. The van der Waals surface area contributed by atoms with Crippen LogP contribution in [0.1, 0.15) is 27.3 Å². The van der Waals surface area contributed by atoms with Gasteiger partial charge in [0.2, 0.25) is 0 Å². The Morgan fingerprint density at radius 3 is 2.83 bits per heavy atom. The number of nitrogens with zero attached hydrogens (tertiary/aromatic N) is 4. The molecule has 0 bridgehead atoms. The van der Waals surface area contributed by atoms with E-state index in [1.165, 1.54) is 5.69 Å². The molecular weight excluding hydrogens is 296 g/mol. The van der Waals surface area contributed by atoms with Crippen LogP contribution in [0.3, 0.4) is 0 Å². The predicted molar refractivity (Wildman–Crippen MR) is 83.1 cm³/mol. The molecule has 1 N–H and O–H groups in total. The van der Waals surface area contributed by atoms with Crippen molar-refractivity contribution in [2.45, 2.75) is 26.1 Å². The van der Waals surface area contributed by atoms with E-state index < -0.39 is 5.97 Å². The predicted octanol–water partition coefficient (Wildman–Crippen LogP) is 1.18. The van der Waals surface area contributed by atoms with E-state index in [9.17, 15) is 4.79 Å². The molecule has 1 aromatic carbocycles. The smallest absolute Gasteiger partial charge is 0.335 e. The summed E-state index contributed by atoms with van der Waals surface area (Å²) < 4.78 is 7.02. The van der Waals surface area contributed by atoms with Gasteiger partial charge in [0.25, 0.3) is 0 Å². The molecule has 1 aliphatic rings. The fourth-order valence-electron chi connectivity index (χ4n) is 2.82. The maximum atomic E-state index is 10.9. The lowest BCUT2D eigenvalue weighted by Gasteiger charge is -2.26. The number of ether oxygens (including phenoxy) is 1. The number of fused-ring (bicyclic) bond motifs is 1. The van der Waals surface area contributed by atoms with Crippen molar-refractivity contribution >= 4 is 5.97 Å². The van der Waals surface area contributed by atoms with E-state index in [2.05, 4.69) is 15.2 Å². The molecule has 0 atom stereocenters. The summed E-state index contributed by atoms with van der Waals surface area (Å²) in [5, 5.41) is 17.4. The Balaban J connectivity index is 1.63. The normalized spacial score (nSPS) is 14.7. The molecule has 0 spiro atoms. The summed E-state index contributed by atoms with van der Waals surface area (Å²) in [5.74, 6) is -0.896. The Kier molecular flexibility index (Phi) is 4.68. The third kappa shape index (κ3) is 3.57. The number of carboxylic acid groups (broad SMARTS) is 1. The molecule has 122 valence electrons. The Hall–Kier alpha value is -2.25. The molecule has 7 nitrogen and oxygen atoms in total. The van der Waals surface area contributed by atoms with Gasteiger partial charge in [-0.05, 0) is 17.7 Å². The van der Waals surface area contributed by atoms with E-state index >= 15 is 0 Å². The standard InChI is InChI=1S/C16H20N4O3/c1-23-9-8-20-15-6-7-19(11-14(15)17-18-20)10-12-2-4-13(5-3-12)16(21)22/h2-5H,6-11H2,1H3,(H,21,22). The van der Waals surface area contributed by atoms with Crippen molar-refractivity contribution in [1.29, 1.82) is 0 Å². The number of rotatable bonds is 6. The molecule has 1 aromatic heterocycles. The minimum absolute atomic E-state index is 0.316. The molecule has 2 aromatic rings. The molecule has 7 heteroatoms. The van der Waals surface area contributed by atoms with E-state index in [-0.39, 0.29) is 0 Å². The van der Waals surface area contributed by atoms with Gasteiger partial charge in [-0.15, -0.1) is 5.10 Å². The zero-order valence-electron chi connectivity index (χ0n) is 13.1. The number of carbonyl (C=O) groups is 1. The van der Waals surface area contributed by atoms with Crippen LogP contribution in [0.25, 0.3) is 0 Å². The van der Waals surface area contributed by atoms with Gasteiger partial charge in [0.15, 0.2) is 0 Å². The highest BCUT2D eigenvalue weighted by Crippen LogP contribution is 2.19. The molecule has 3 rings (SSSR count). The van der Waals surface area contributed by atoms with E-state index in [4.69, 9.17) is 9.84 Å².